The number of aryl methyl sites for hydroxylation is 2. The number of nitrogens with one attached hydrogen (secondary N) is 1. The van der Waals surface area contributed by atoms with Gasteiger partial charge in [-0.15, -0.1) is 17.5 Å². The second-order valence-corrected chi connectivity index (χ2v) is 6.94. The first-order valence-electron chi connectivity index (χ1n) is 8.32. The molecule has 136 valence electrons. The number of halogens is 2. The van der Waals surface area contributed by atoms with Crippen LogP contribution in [0.15, 0.2) is 12.1 Å². The number of hydrogen-bond donors (Lipinski definition) is 2. The standard InChI is InChI=1S/C17H28N5.2ClH/c1-13-7-8-15-16(18)17(20-21(15)14(13)2)19-9-12-22(3)10-5-4-6-11-22;;/h7-8H,4-6,9-12,18H2,1-3H3,(H,19,20);2*1H/q+1;;/p-1. The number of rotatable bonds is 4. The van der Waals surface area contributed by atoms with Crippen LogP contribution in [0.4, 0.5) is 11.5 Å². The Kier molecular flexibility index (Phi) is 7.20. The van der Waals surface area contributed by atoms with E-state index < -0.39 is 0 Å². The van der Waals surface area contributed by atoms with E-state index in [-0.39, 0.29) is 24.8 Å². The van der Waals surface area contributed by atoms with Gasteiger partial charge >= 0.3 is 0 Å². The number of nitrogens with zero attached hydrogens (tertiary/aromatic N) is 3. The van der Waals surface area contributed by atoms with E-state index in [4.69, 9.17) is 5.73 Å². The number of fused-ring (bicyclic) bond motifs is 1. The highest BCUT2D eigenvalue weighted by Crippen LogP contribution is 2.25. The van der Waals surface area contributed by atoms with E-state index in [0.717, 1.165) is 35.8 Å². The zero-order valence-corrected chi connectivity index (χ0v) is 16.4. The molecule has 0 bridgehead atoms. The summed E-state index contributed by atoms with van der Waals surface area (Å²) in [5.74, 6) is 0.817. The average molecular weight is 374 g/mol. The van der Waals surface area contributed by atoms with Gasteiger partial charge in [-0.05, 0) is 44.7 Å². The minimum atomic E-state index is 0. The first kappa shape index (κ1) is 20.9. The number of nitrogen functional groups attached to an aromatic ring is 1. The summed E-state index contributed by atoms with van der Waals surface area (Å²) in [4.78, 5) is 0. The fourth-order valence-electron chi connectivity index (χ4n) is 3.42. The normalized spacial score (nSPS) is 16.3. The van der Waals surface area contributed by atoms with E-state index >= 15 is 0 Å². The summed E-state index contributed by atoms with van der Waals surface area (Å²) in [7, 11) is 2.36. The Balaban J connectivity index is 0.00000144. The molecule has 3 heterocycles. The quantitative estimate of drug-likeness (QED) is 0.741. The van der Waals surface area contributed by atoms with Crippen LogP contribution in [0.5, 0.6) is 0 Å². The summed E-state index contributed by atoms with van der Waals surface area (Å²) in [5, 5.41) is 8.10. The molecule has 0 atom stereocenters. The van der Waals surface area contributed by atoms with E-state index in [2.05, 4.69) is 37.4 Å². The molecule has 2 aromatic rings. The summed E-state index contributed by atoms with van der Waals surface area (Å²) in [6.45, 7) is 8.81. The van der Waals surface area contributed by atoms with Crippen molar-refractivity contribution in [2.75, 3.05) is 44.3 Å². The van der Waals surface area contributed by atoms with Crippen molar-refractivity contribution in [1.29, 1.82) is 0 Å². The van der Waals surface area contributed by atoms with Crippen molar-refractivity contribution in [3.63, 3.8) is 0 Å². The third-order valence-electron chi connectivity index (χ3n) is 5.18. The van der Waals surface area contributed by atoms with Gasteiger partial charge in [-0.1, -0.05) is 6.07 Å². The Bertz CT molecular complexity index is 677. The van der Waals surface area contributed by atoms with Crippen molar-refractivity contribution in [2.24, 2.45) is 0 Å². The number of anilines is 2. The third kappa shape index (κ3) is 4.08. The maximum Gasteiger partial charge on any atom is 0.172 e. The van der Waals surface area contributed by atoms with Crippen molar-refractivity contribution < 1.29 is 16.9 Å². The zero-order chi connectivity index (χ0) is 15.7. The topological polar surface area (TPSA) is 55.3 Å². The van der Waals surface area contributed by atoms with Crippen LogP contribution in [-0.4, -0.2) is 47.3 Å². The second-order valence-electron chi connectivity index (χ2n) is 6.94. The highest BCUT2D eigenvalue weighted by Gasteiger charge is 2.24. The largest absolute Gasteiger partial charge is 1.00 e. The van der Waals surface area contributed by atoms with E-state index in [1.807, 2.05) is 10.6 Å². The van der Waals surface area contributed by atoms with Gasteiger partial charge in [0.05, 0.1) is 38.7 Å². The fraction of sp³-hybridized carbons (Fsp3) is 0.588. The fourth-order valence-corrected chi connectivity index (χ4v) is 3.42. The molecule has 1 saturated heterocycles. The first-order valence-corrected chi connectivity index (χ1v) is 8.32. The molecule has 2 aromatic heterocycles. The molecule has 7 heteroatoms. The van der Waals surface area contributed by atoms with Crippen LogP contribution < -0.4 is 23.5 Å². The van der Waals surface area contributed by atoms with Gasteiger partial charge in [-0.3, -0.25) is 0 Å². The maximum absolute atomic E-state index is 6.26. The van der Waals surface area contributed by atoms with E-state index in [0.29, 0.717) is 0 Å². The third-order valence-corrected chi connectivity index (χ3v) is 5.18. The number of likely N-dealkylation sites (tertiary alicyclic amines) is 1. The minimum Gasteiger partial charge on any atom is -1.00 e. The first-order chi connectivity index (χ1) is 10.5. The summed E-state index contributed by atoms with van der Waals surface area (Å²) < 4.78 is 3.11. The van der Waals surface area contributed by atoms with Crippen molar-refractivity contribution in [1.82, 2.24) is 9.61 Å². The average Bonchev–Trinajstić information content (AvgIpc) is 2.81. The molecule has 1 aliphatic rings. The monoisotopic (exact) mass is 373 g/mol. The Morgan fingerprint density at radius 3 is 2.54 bits per heavy atom. The van der Waals surface area contributed by atoms with E-state index in [1.54, 1.807) is 0 Å². The van der Waals surface area contributed by atoms with Crippen molar-refractivity contribution in [3.8, 4) is 0 Å². The molecule has 0 amide bonds. The molecule has 24 heavy (non-hydrogen) atoms. The van der Waals surface area contributed by atoms with Crippen LogP contribution in [0.3, 0.4) is 0 Å². The smallest absolute Gasteiger partial charge is 0.172 e. The van der Waals surface area contributed by atoms with Crippen LogP contribution in [-0.2, 0) is 0 Å². The summed E-state index contributed by atoms with van der Waals surface area (Å²) in [5.41, 5.74) is 10.4. The van der Waals surface area contributed by atoms with Gasteiger partial charge in [-0.2, -0.15) is 0 Å². The summed E-state index contributed by atoms with van der Waals surface area (Å²) in [6.07, 6.45) is 4.09. The van der Waals surface area contributed by atoms with Crippen molar-refractivity contribution in [2.45, 2.75) is 33.1 Å². The Labute approximate surface area is 157 Å². The SMILES string of the molecule is Cc1ccc2c(N)c(NCC[N+]3(C)CCCCC3)nn2c1C.Cl.[Cl-]. The van der Waals surface area contributed by atoms with Gasteiger partial charge in [0.25, 0.3) is 0 Å². The molecule has 1 fully saturated rings. The second kappa shape index (κ2) is 8.28. The molecule has 0 spiro atoms. The van der Waals surface area contributed by atoms with Gasteiger partial charge in [0.2, 0.25) is 0 Å². The zero-order valence-electron chi connectivity index (χ0n) is 14.8. The van der Waals surface area contributed by atoms with Crippen LogP contribution in [0.25, 0.3) is 5.52 Å². The lowest BCUT2D eigenvalue weighted by atomic mass is 10.1. The Morgan fingerprint density at radius 2 is 1.88 bits per heavy atom. The van der Waals surface area contributed by atoms with Crippen LogP contribution in [0, 0.1) is 13.8 Å². The molecule has 0 saturated carbocycles. The number of pyridine rings is 1. The van der Waals surface area contributed by atoms with Gasteiger partial charge < -0.3 is 27.9 Å². The van der Waals surface area contributed by atoms with Crippen LogP contribution in [0.2, 0.25) is 0 Å². The van der Waals surface area contributed by atoms with Crippen LogP contribution >= 0.6 is 12.4 Å². The molecule has 0 aliphatic carbocycles. The molecule has 3 N–H and O–H groups in total. The lowest BCUT2D eigenvalue weighted by molar-refractivity contribution is -0.912. The number of hydrogen-bond acceptors (Lipinski definition) is 3. The highest BCUT2D eigenvalue weighted by atomic mass is 35.5. The molecule has 1 aliphatic heterocycles. The Morgan fingerprint density at radius 1 is 1.21 bits per heavy atom. The maximum atomic E-state index is 6.26. The molecular formula is C17H29Cl2N5. The van der Waals surface area contributed by atoms with Gasteiger partial charge in [0, 0.05) is 5.69 Å². The van der Waals surface area contributed by atoms with Gasteiger partial charge in [0.15, 0.2) is 5.82 Å². The lowest BCUT2D eigenvalue weighted by Crippen LogP contribution is -3.00. The van der Waals surface area contributed by atoms with Gasteiger partial charge in [-0.25, -0.2) is 4.52 Å². The summed E-state index contributed by atoms with van der Waals surface area (Å²) in [6, 6.07) is 4.15. The molecule has 0 unspecified atom stereocenters. The number of aromatic nitrogens is 2. The Hall–Kier alpha value is -1.17. The predicted octanol–water partition coefficient (Wildman–Crippen LogP) is 0.00154. The summed E-state index contributed by atoms with van der Waals surface area (Å²) >= 11 is 0. The van der Waals surface area contributed by atoms with Gasteiger partial charge in [0.1, 0.15) is 5.69 Å². The lowest BCUT2D eigenvalue weighted by Gasteiger charge is -2.37. The number of quaternary nitrogens is 1. The molecule has 0 radical (unpaired) electrons. The molecule has 5 nitrogen and oxygen atoms in total. The number of nitrogens with two attached hydrogens (primary N) is 1. The van der Waals surface area contributed by atoms with E-state index in [1.165, 1.54) is 42.4 Å². The minimum absolute atomic E-state index is 0. The highest BCUT2D eigenvalue weighted by molar-refractivity contribution is 5.85. The van der Waals surface area contributed by atoms with Crippen molar-refractivity contribution >= 4 is 29.4 Å². The number of piperidine rings is 1. The molecule has 3 rings (SSSR count). The predicted molar refractivity (Wildman–Crippen MR) is 99.5 cm³/mol. The van der Waals surface area contributed by atoms with Crippen LogP contribution in [0.1, 0.15) is 30.5 Å². The number of likely N-dealkylation sites (N-methyl/N-ethyl adjacent to an activating group) is 1. The molecule has 0 aromatic carbocycles. The van der Waals surface area contributed by atoms with Crippen molar-refractivity contribution in [3.05, 3.63) is 23.4 Å². The van der Waals surface area contributed by atoms with E-state index in [9.17, 15) is 0 Å². The molecular weight excluding hydrogens is 345 g/mol.